The second-order valence-corrected chi connectivity index (χ2v) is 8.83. The summed E-state index contributed by atoms with van der Waals surface area (Å²) in [6.07, 6.45) is 5.62. The molecule has 0 aromatic carbocycles. The second kappa shape index (κ2) is 9.08. The van der Waals surface area contributed by atoms with Gasteiger partial charge in [-0.25, -0.2) is 8.98 Å². The van der Waals surface area contributed by atoms with Crippen LogP contribution in [0.5, 0.6) is 0 Å². The Labute approximate surface area is 138 Å². The molecular weight excluding hydrogens is 343 g/mol. The number of aliphatic carboxylic acids is 1. The van der Waals surface area contributed by atoms with Crippen molar-refractivity contribution in [2.45, 2.75) is 51.0 Å². The molecule has 1 rings (SSSR count). The number of carbonyl (C=O) groups is 1. The summed E-state index contributed by atoms with van der Waals surface area (Å²) in [5.41, 5.74) is -1.66. The molecule has 23 heavy (non-hydrogen) atoms. The third kappa shape index (κ3) is 7.27. The van der Waals surface area contributed by atoms with Crippen molar-refractivity contribution in [3.63, 3.8) is 0 Å². The van der Waals surface area contributed by atoms with Crippen molar-refractivity contribution < 1.29 is 32.1 Å². The molecule has 0 bridgehead atoms. The van der Waals surface area contributed by atoms with Gasteiger partial charge in [-0.2, -0.15) is 8.42 Å². The van der Waals surface area contributed by atoms with Gasteiger partial charge in [0.2, 0.25) is 11.9 Å². The van der Waals surface area contributed by atoms with Crippen LogP contribution in [0.25, 0.3) is 0 Å². The van der Waals surface area contributed by atoms with Crippen molar-refractivity contribution in [2.24, 2.45) is 5.92 Å². The van der Waals surface area contributed by atoms with Crippen LogP contribution in [0.4, 0.5) is 0 Å². The van der Waals surface area contributed by atoms with E-state index in [4.69, 9.17) is 4.74 Å². The minimum atomic E-state index is -3.73. The van der Waals surface area contributed by atoms with Crippen LogP contribution in [0.2, 0.25) is 0 Å². The topological polar surface area (TPSA) is 113 Å². The summed E-state index contributed by atoms with van der Waals surface area (Å²) in [4.78, 5) is 23.9. The van der Waals surface area contributed by atoms with Crippen molar-refractivity contribution >= 4 is 29.7 Å². The van der Waals surface area contributed by atoms with Crippen LogP contribution >= 0.6 is 7.77 Å². The molecule has 1 aliphatic rings. The van der Waals surface area contributed by atoms with Gasteiger partial charge in [-0.1, -0.05) is 32.1 Å². The van der Waals surface area contributed by atoms with Crippen LogP contribution in [0.3, 0.4) is 0 Å². The SMILES string of the molecule is CCOC(C=[P+]([O-])COS(C)(=O)=O)(CC1CCCCC1)C(=O)O. The molecule has 0 spiro atoms. The molecule has 0 aliphatic heterocycles. The van der Waals surface area contributed by atoms with Crippen molar-refractivity contribution in [1.29, 1.82) is 0 Å². The van der Waals surface area contributed by atoms with E-state index in [1.807, 2.05) is 0 Å². The second-order valence-electron chi connectivity index (χ2n) is 5.83. The van der Waals surface area contributed by atoms with Gasteiger partial charge in [0.1, 0.15) is 5.80 Å². The van der Waals surface area contributed by atoms with Gasteiger partial charge >= 0.3 is 5.97 Å². The highest BCUT2D eigenvalue weighted by Gasteiger charge is 2.43. The highest BCUT2D eigenvalue weighted by atomic mass is 32.2. The third-order valence-corrected chi connectivity index (χ3v) is 5.64. The average Bonchev–Trinajstić information content (AvgIpc) is 2.45. The van der Waals surface area contributed by atoms with Crippen LogP contribution in [0, 0.1) is 5.92 Å². The number of rotatable bonds is 9. The lowest BCUT2D eigenvalue weighted by atomic mass is 9.81. The molecular formula is C14H25O7PS. The summed E-state index contributed by atoms with van der Waals surface area (Å²) < 4.78 is 31.9. The van der Waals surface area contributed by atoms with E-state index in [0.29, 0.717) is 0 Å². The Morgan fingerprint density at radius 2 is 2.00 bits per heavy atom. The van der Waals surface area contributed by atoms with Gasteiger partial charge in [0, 0.05) is 6.61 Å². The maximum absolute atomic E-state index is 12.1. The first-order valence-electron chi connectivity index (χ1n) is 7.70. The van der Waals surface area contributed by atoms with Crippen molar-refractivity contribution in [2.75, 3.05) is 19.2 Å². The molecule has 0 heterocycles. The van der Waals surface area contributed by atoms with E-state index >= 15 is 0 Å². The molecule has 134 valence electrons. The number of carboxylic acid groups (broad SMARTS) is 1. The lowest BCUT2D eigenvalue weighted by Crippen LogP contribution is -2.45. The van der Waals surface area contributed by atoms with Gasteiger partial charge in [0.05, 0.1) is 14.0 Å². The van der Waals surface area contributed by atoms with Crippen LogP contribution < -0.4 is 4.89 Å². The molecule has 1 fully saturated rings. The number of ether oxygens (including phenoxy) is 1. The molecule has 0 aromatic rings. The minimum absolute atomic E-state index is 0.158. The summed E-state index contributed by atoms with van der Waals surface area (Å²) in [6.45, 7) is 1.83. The molecule has 2 atom stereocenters. The summed E-state index contributed by atoms with van der Waals surface area (Å²) in [6, 6.07) is 0. The Bertz CT molecular complexity index is 525. The van der Waals surface area contributed by atoms with Gasteiger partial charge < -0.3 is 14.7 Å². The first-order chi connectivity index (χ1) is 10.7. The predicted molar refractivity (Wildman–Crippen MR) is 87.0 cm³/mol. The van der Waals surface area contributed by atoms with Crippen LogP contribution in [0.1, 0.15) is 45.4 Å². The zero-order valence-electron chi connectivity index (χ0n) is 13.6. The van der Waals surface area contributed by atoms with Crippen LogP contribution in [0.15, 0.2) is 0 Å². The number of hydrogen-bond donors (Lipinski definition) is 1. The largest absolute Gasteiger partial charge is 0.629 e. The van der Waals surface area contributed by atoms with Crippen LogP contribution in [-0.2, 0) is 23.8 Å². The van der Waals surface area contributed by atoms with E-state index in [0.717, 1.165) is 44.2 Å². The maximum atomic E-state index is 12.1. The zero-order valence-corrected chi connectivity index (χ0v) is 15.3. The minimum Gasteiger partial charge on any atom is -0.629 e. The van der Waals surface area contributed by atoms with Crippen molar-refractivity contribution in [3.8, 4) is 0 Å². The monoisotopic (exact) mass is 368 g/mol. The molecule has 0 radical (unpaired) electrons. The fourth-order valence-electron chi connectivity index (χ4n) is 2.85. The van der Waals surface area contributed by atoms with Gasteiger partial charge in [-0.05, 0) is 19.3 Å². The summed E-state index contributed by atoms with van der Waals surface area (Å²) in [5.74, 6) is 0.100. The van der Waals surface area contributed by atoms with E-state index in [9.17, 15) is 23.2 Å². The van der Waals surface area contributed by atoms with E-state index in [1.54, 1.807) is 6.92 Å². The Kier molecular flexibility index (Phi) is 8.10. The fraction of sp³-hybridized carbons (Fsp3) is 0.857. The summed E-state index contributed by atoms with van der Waals surface area (Å²) in [5, 5.41) is 9.62. The van der Waals surface area contributed by atoms with Crippen molar-refractivity contribution in [3.05, 3.63) is 0 Å². The molecule has 0 amide bonds. The Morgan fingerprint density at radius 3 is 2.48 bits per heavy atom. The average molecular weight is 368 g/mol. The molecule has 7 nitrogen and oxygen atoms in total. The number of carboxylic acids is 1. The lowest BCUT2D eigenvalue weighted by molar-refractivity contribution is -0.161. The molecule has 1 saturated carbocycles. The van der Waals surface area contributed by atoms with Gasteiger partial charge in [-0.3, -0.25) is 0 Å². The fourth-order valence-corrected chi connectivity index (χ4v) is 4.86. The molecule has 1 N–H and O–H groups in total. The van der Waals surface area contributed by atoms with Gasteiger partial charge in [0.15, 0.2) is 0 Å². The molecule has 1 aliphatic carbocycles. The Hall–Kier alpha value is -0.530. The van der Waals surface area contributed by atoms with Gasteiger partial charge in [0.25, 0.3) is 10.1 Å². The standard InChI is InChI=1S/C14H25O7PS/c1-3-20-14(13(15)16,9-12-7-5-4-6-8-12)10-22(17)11-21-23(2,18)19/h10,12H,3-9,11H2,1-2H3,(H,15,16). The normalized spacial score (nSPS) is 20.2. The summed E-state index contributed by atoms with van der Waals surface area (Å²) in [7, 11) is -6.01. The van der Waals surface area contributed by atoms with E-state index in [2.05, 4.69) is 4.18 Å². The predicted octanol–water partition coefficient (Wildman–Crippen LogP) is 1.31. The first kappa shape index (κ1) is 20.5. The van der Waals surface area contributed by atoms with Crippen molar-refractivity contribution in [1.82, 2.24) is 0 Å². The Morgan fingerprint density at radius 1 is 1.39 bits per heavy atom. The number of hydrogen-bond acceptors (Lipinski definition) is 6. The molecule has 9 heteroatoms. The smallest absolute Gasteiger partial charge is 0.344 e. The third-order valence-electron chi connectivity index (χ3n) is 3.83. The van der Waals surface area contributed by atoms with Crippen LogP contribution in [-0.4, -0.2) is 50.1 Å². The zero-order chi connectivity index (χ0) is 17.5. The molecule has 0 aromatic heterocycles. The quantitative estimate of drug-likeness (QED) is 0.482. The van der Waals surface area contributed by atoms with E-state index in [1.165, 1.54) is 0 Å². The molecule has 2 unspecified atom stereocenters. The highest BCUT2D eigenvalue weighted by molar-refractivity contribution is 7.86. The first-order valence-corrected chi connectivity index (χ1v) is 11.0. The summed E-state index contributed by atoms with van der Waals surface area (Å²) >= 11 is 0. The lowest BCUT2D eigenvalue weighted by Gasteiger charge is -2.30. The Balaban J connectivity index is 2.94. The van der Waals surface area contributed by atoms with Gasteiger partial charge in [-0.15, -0.1) is 0 Å². The molecule has 0 saturated heterocycles. The maximum Gasteiger partial charge on any atom is 0.344 e. The van der Waals surface area contributed by atoms with E-state index in [-0.39, 0.29) is 18.9 Å². The highest BCUT2D eigenvalue weighted by Crippen LogP contribution is 2.33. The van der Waals surface area contributed by atoms with E-state index < -0.39 is 35.8 Å².